The van der Waals surface area contributed by atoms with Gasteiger partial charge in [-0.1, -0.05) is 0 Å². The Bertz CT molecular complexity index is 640. The average molecular weight is 302 g/mol. The van der Waals surface area contributed by atoms with Gasteiger partial charge in [-0.15, -0.1) is 0 Å². The summed E-state index contributed by atoms with van der Waals surface area (Å²) in [5.41, 5.74) is 0.257. The number of non-ortho nitro benzene ring substituents is 1. The Morgan fingerprint density at radius 3 is 2.45 bits per heavy atom. The highest BCUT2D eigenvalue weighted by molar-refractivity contribution is 7.92. The zero-order chi connectivity index (χ0) is 15.5. The molecule has 9 heteroatoms. The third kappa shape index (κ3) is 3.44. The van der Waals surface area contributed by atoms with Gasteiger partial charge in [0.1, 0.15) is 6.54 Å². The minimum atomic E-state index is -3.78. The van der Waals surface area contributed by atoms with E-state index in [0.717, 1.165) is 10.4 Å². The third-order valence-corrected chi connectivity index (χ3v) is 4.37. The van der Waals surface area contributed by atoms with E-state index in [1.807, 2.05) is 0 Å². The van der Waals surface area contributed by atoms with Crippen LogP contribution < -0.4 is 4.31 Å². The number of aryl methyl sites for hydroxylation is 1. The molecule has 0 aliphatic carbocycles. The van der Waals surface area contributed by atoms with Crippen molar-refractivity contribution in [3.05, 3.63) is 33.9 Å². The summed E-state index contributed by atoms with van der Waals surface area (Å²) < 4.78 is 24.6. The summed E-state index contributed by atoms with van der Waals surface area (Å²) in [5.74, 6) is -1.57. The fraction of sp³-hybridized carbons (Fsp3) is 0.364. The quantitative estimate of drug-likeness (QED) is 0.622. The molecule has 1 rings (SSSR count). The van der Waals surface area contributed by atoms with Gasteiger partial charge >= 0.3 is 5.97 Å². The van der Waals surface area contributed by atoms with Gasteiger partial charge in [0, 0.05) is 12.1 Å². The van der Waals surface area contributed by atoms with Crippen molar-refractivity contribution in [2.75, 3.05) is 16.6 Å². The van der Waals surface area contributed by atoms with Crippen LogP contribution >= 0.6 is 0 Å². The van der Waals surface area contributed by atoms with Gasteiger partial charge in [0.15, 0.2) is 0 Å². The van der Waals surface area contributed by atoms with Crippen LogP contribution in [-0.4, -0.2) is 36.7 Å². The number of carboxylic acids is 1. The Kier molecular flexibility index (Phi) is 4.66. The summed E-state index contributed by atoms with van der Waals surface area (Å²) in [7, 11) is -3.78. The Labute approximate surface area is 115 Å². The molecule has 110 valence electrons. The number of nitro benzene ring substituents is 1. The number of sulfonamides is 1. The van der Waals surface area contributed by atoms with Gasteiger partial charge in [0.25, 0.3) is 5.69 Å². The molecule has 8 nitrogen and oxygen atoms in total. The van der Waals surface area contributed by atoms with E-state index in [9.17, 15) is 23.3 Å². The molecule has 20 heavy (non-hydrogen) atoms. The Morgan fingerprint density at radius 1 is 1.45 bits per heavy atom. The van der Waals surface area contributed by atoms with Crippen LogP contribution in [0, 0.1) is 17.0 Å². The molecule has 0 aliphatic heterocycles. The van der Waals surface area contributed by atoms with Crippen molar-refractivity contribution >= 4 is 27.4 Å². The van der Waals surface area contributed by atoms with E-state index >= 15 is 0 Å². The fourth-order valence-electron chi connectivity index (χ4n) is 1.65. The first kappa shape index (κ1) is 15.9. The lowest BCUT2D eigenvalue weighted by atomic mass is 10.2. The van der Waals surface area contributed by atoms with Crippen molar-refractivity contribution in [1.82, 2.24) is 0 Å². The number of aliphatic carboxylic acids is 1. The average Bonchev–Trinajstić information content (AvgIpc) is 2.35. The van der Waals surface area contributed by atoms with E-state index in [2.05, 4.69) is 0 Å². The summed E-state index contributed by atoms with van der Waals surface area (Å²) in [6.07, 6.45) is 0. The lowest BCUT2D eigenvalue weighted by Crippen LogP contribution is -2.37. The van der Waals surface area contributed by atoms with Gasteiger partial charge in [-0.05, 0) is 25.5 Å². The summed E-state index contributed by atoms with van der Waals surface area (Å²) in [4.78, 5) is 20.9. The van der Waals surface area contributed by atoms with Gasteiger partial charge in [0.2, 0.25) is 10.0 Å². The number of hydrogen-bond donors (Lipinski definition) is 1. The van der Waals surface area contributed by atoms with Crippen LogP contribution in [0.5, 0.6) is 0 Å². The van der Waals surface area contributed by atoms with Gasteiger partial charge in [-0.25, -0.2) is 8.42 Å². The summed E-state index contributed by atoms with van der Waals surface area (Å²) in [5, 5.41) is 19.5. The number of nitrogens with zero attached hydrogens (tertiary/aromatic N) is 2. The molecule has 0 saturated heterocycles. The van der Waals surface area contributed by atoms with Crippen LogP contribution in [0.4, 0.5) is 11.4 Å². The molecule has 0 amide bonds. The van der Waals surface area contributed by atoms with E-state index in [1.54, 1.807) is 0 Å². The molecule has 0 aliphatic rings. The van der Waals surface area contributed by atoms with Crippen molar-refractivity contribution in [3.8, 4) is 0 Å². The minimum Gasteiger partial charge on any atom is -0.480 e. The number of carboxylic acid groups (broad SMARTS) is 1. The van der Waals surface area contributed by atoms with Crippen LogP contribution in [0.3, 0.4) is 0 Å². The predicted molar refractivity (Wildman–Crippen MR) is 72.3 cm³/mol. The number of rotatable bonds is 6. The first-order valence-corrected chi connectivity index (χ1v) is 7.27. The Balaban J connectivity index is 3.35. The van der Waals surface area contributed by atoms with E-state index in [0.29, 0.717) is 5.56 Å². The van der Waals surface area contributed by atoms with Crippen molar-refractivity contribution in [1.29, 1.82) is 0 Å². The fourth-order valence-corrected chi connectivity index (χ4v) is 2.77. The largest absolute Gasteiger partial charge is 0.480 e. The normalized spacial score (nSPS) is 11.1. The highest BCUT2D eigenvalue weighted by Gasteiger charge is 2.25. The zero-order valence-corrected chi connectivity index (χ0v) is 11.8. The molecular formula is C11H14N2O6S. The SMILES string of the molecule is CCS(=O)(=O)N(CC(=O)O)c1ccc([N+](=O)[O-])cc1C. The zero-order valence-electron chi connectivity index (χ0n) is 10.9. The highest BCUT2D eigenvalue weighted by Crippen LogP contribution is 2.26. The van der Waals surface area contributed by atoms with Crippen molar-refractivity contribution in [2.45, 2.75) is 13.8 Å². The molecule has 0 saturated carbocycles. The predicted octanol–water partition coefficient (Wildman–Crippen LogP) is 1.14. The van der Waals surface area contributed by atoms with Crippen LogP contribution in [0.25, 0.3) is 0 Å². The highest BCUT2D eigenvalue weighted by atomic mass is 32.2. The van der Waals surface area contributed by atoms with Crippen LogP contribution in [-0.2, 0) is 14.8 Å². The molecule has 0 atom stereocenters. The Morgan fingerprint density at radius 2 is 2.05 bits per heavy atom. The third-order valence-electron chi connectivity index (χ3n) is 2.64. The molecular weight excluding hydrogens is 288 g/mol. The topological polar surface area (TPSA) is 118 Å². The van der Waals surface area contributed by atoms with Gasteiger partial charge in [-0.3, -0.25) is 19.2 Å². The first-order valence-electron chi connectivity index (χ1n) is 5.66. The van der Waals surface area contributed by atoms with Gasteiger partial charge in [-0.2, -0.15) is 0 Å². The Hall–Kier alpha value is -2.16. The number of benzene rings is 1. The molecule has 1 aromatic carbocycles. The van der Waals surface area contributed by atoms with Crippen molar-refractivity contribution in [3.63, 3.8) is 0 Å². The van der Waals surface area contributed by atoms with Crippen molar-refractivity contribution in [2.24, 2.45) is 0 Å². The smallest absolute Gasteiger partial charge is 0.324 e. The first-order chi connectivity index (χ1) is 9.19. The van der Waals surface area contributed by atoms with E-state index in [-0.39, 0.29) is 17.1 Å². The second-order valence-corrected chi connectivity index (χ2v) is 6.21. The molecule has 0 heterocycles. The maximum absolute atomic E-state index is 11.9. The lowest BCUT2D eigenvalue weighted by molar-refractivity contribution is -0.384. The number of anilines is 1. The van der Waals surface area contributed by atoms with Gasteiger partial charge in [0.05, 0.1) is 16.4 Å². The van der Waals surface area contributed by atoms with Gasteiger partial charge < -0.3 is 5.11 Å². The molecule has 1 aromatic rings. The van der Waals surface area contributed by atoms with Crippen LogP contribution in [0.15, 0.2) is 18.2 Å². The summed E-state index contributed by atoms with van der Waals surface area (Å²) >= 11 is 0. The van der Waals surface area contributed by atoms with Crippen LogP contribution in [0.2, 0.25) is 0 Å². The number of hydrogen-bond acceptors (Lipinski definition) is 5. The molecule has 0 radical (unpaired) electrons. The molecule has 0 fully saturated rings. The maximum Gasteiger partial charge on any atom is 0.324 e. The van der Waals surface area contributed by atoms with E-state index in [4.69, 9.17) is 5.11 Å². The molecule has 0 aromatic heterocycles. The molecule has 1 N–H and O–H groups in total. The second kappa shape index (κ2) is 5.87. The maximum atomic E-state index is 11.9. The lowest BCUT2D eigenvalue weighted by Gasteiger charge is -2.23. The van der Waals surface area contributed by atoms with Crippen molar-refractivity contribution < 1.29 is 23.2 Å². The second-order valence-electron chi connectivity index (χ2n) is 4.03. The van der Waals surface area contributed by atoms with E-state index < -0.39 is 27.5 Å². The molecule has 0 bridgehead atoms. The standard InChI is InChI=1S/C11H14N2O6S/c1-3-20(18,19)12(7-11(14)15)10-5-4-9(13(16)17)6-8(10)2/h4-6H,3,7H2,1-2H3,(H,14,15). The minimum absolute atomic E-state index is 0.125. The van der Waals surface area contributed by atoms with E-state index in [1.165, 1.54) is 26.0 Å². The summed E-state index contributed by atoms with van der Waals surface area (Å²) in [6.45, 7) is 2.15. The number of nitro groups is 1. The summed E-state index contributed by atoms with van der Waals surface area (Å²) in [6, 6.07) is 3.58. The molecule has 0 unspecified atom stereocenters. The monoisotopic (exact) mass is 302 g/mol. The number of carbonyl (C=O) groups is 1. The van der Waals surface area contributed by atoms with Crippen LogP contribution in [0.1, 0.15) is 12.5 Å². The molecule has 0 spiro atoms.